The first-order chi connectivity index (χ1) is 18.1. The molecule has 38 heavy (non-hydrogen) atoms. The summed E-state index contributed by atoms with van der Waals surface area (Å²) in [6.45, 7) is 6.65. The van der Waals surface area contributed by atoms with E-state index in [-0.39, 0.29) is 10.9 Å². The minimum absolute atomic E-state index is 0.142. The second-order valence-electron chi connectivity index (χ2n) is 9.13. The van der Waals surface area contributed by atoms with Gasteiger partial charge in [0.2, 0.25) is 0 Å². The molecular weight excluding hydrogens is 520 g/mol. The van der Waals surface area contributed by atoms with E-state index < -0.39 is 10.0 Å². The number of benzene rings is 2. The van der Waals surface area contributed by atoms with Gasteiger partial charge in [0.15, 0.2) is 5.69 Å². The number of unbranched alkanes of at least 4 members (excludes halogenated alkanes) is 1. The number of rotatable bonds is 12. The molecule has 0 atom stereocenters. The molecule has 0 unspecified atom stereocenters. The van der Waals surface area contributed by atoms with Crippen LogP contribution in [0, 0.1) is 6.92 Å². The molecule has 0 aliphatic heterocycles. The van der Waals surface area contributed by atoms with Crippen LogP contribution in [-0.4, -0.2) is 62.1 Å². The molecule has 0 amide bonds. The zero-order valence-electron chi connectivity index (χ0n) is 22.9. The maximum atomic E-state index is 12.8. The molecule has 3 aromatic rings. The van der Waals surface area contributed by atoms with Crippen molar-refractivity contribution in [3.8, 4) is 11.1 Å². The number of hydrogen-bond donors (Lipinski definition) is 0. The molecule has 1 heterocycles. The maximum absolute atomic E-state index is 12.8. The molecule has 8 nitrogen and oxygen atoms in total. The SMILES string of the molecule is CCCCc1nc(SC)c(C(=O)OCC)n1Cc1ccc(-c2cc(S(=O)(=O)/N=C/N(C)C)ccc2C)cc1. The Morgan fingerprint density at radius 3 is 2.47 bits per heavy atom. The molecule has 0 N–H and O–H groups in total. The fraction of sp³-hybridized carbons (Fsp3) is 0.393. The van der Waals surface area contributed by atoms with Crippen LogP contribution in [0.3, 0.4) is 0 Å². The zero-order chi connectivity index (χ0) is 27.9. The number of carbonyl (C=O) groups is 1. The van der Waals surface area contributed by atoms with Crippen molar-refractivity contribution in [2.24, 2.45) is 4.40 Å². The highest BCUT2D eigenvalue weighted by Crippen LogP contribution is 2.29. The predicted molar refractivity (Wildman–Crippen MR) is 154 cm³/mol. The highest BCUT2D eigenvalue weighted by atomic mass is 32.2. The Kier molecular flexibility index (Phi) is 10.2. The number of thioether (sulfide) groups is 1. The van der Waals surface area contributed by atoms with E-state index in [0.29, 0.717) is 23.9 Å². The van der Waals surface area contributed by atoms with Gasteiger partial charge in [-0.05, 0) is 60.9 Å². The highest BCUT2D eigenvalue weighted by molar-refractivity contribution is 7.98. The average molecular weight is 557 g/mol. The summed E-state index contributed by atoms with van der Waals surface area (Å²) in [7, 11) is -0.375. The van der Waals surface area contributed by atoms with Crippen LogP contribution in [0.15, 0.2) is 56.8 Å². The molecule has 0 fully saturated rings. The molecular formula is C28H36N4O4S2. The predicted octanol–water partition coefficient (Wildman–Crippen LogP) is 5.43. The summed E-state index contributed by atoms with van der Waals surface area (Å²) in [5.74, 6) is 0.504. The average Bonchev–Trinajstić information content (AvgIpc) is 3.24. The topological polar surface area (TPSA) is 93.9 Å². The third-order valence-electron chi connectivity index (χ3n) is 5.96. The van der Waals surface area contributed by atoms with Gasteiger partial charge >= 0.3 is 5.97 Å². The fourth-order valence-corrected chi connectivity index (χ4v) is 5.50. The molecule has 1 aromatic heterocycles. The Hall–Kier alpha value is -3.11. The summed E-state index contributed by atoms with van der Waals surface area (Å²) < 4.78 is 36.4. The van der Waals surface area contributed by atoms with Gasteiger partial charge in [0.1, 0.15) is 17.2 Å². The van der Waals surface area contributed by atoms with Crippen LogP contribution in [-0.2, 0) is 27.7 Å². The summed E-state index contributed by atoms with van der Waals surface area (Å²) >= 11 is 1.44. The van der Waals surface area contributed by atoms with Crippen molar-refractivity contribution in [1.82, 2.24) is 14.5 Å². The Labute approximate surface area is 230 Å². The number of esters is 1. The lowest BCUT2D eigenvalue weighted by Gasteiger charge is -2.13. The van der Waals surface area contributed by atoms with Gasteiger partial charge in [-0.25, -0.2) is 9.78 Å². The molecule has 0 radical (unpaired) electrons. The van der Waals surface area contributed by atoms with E-state index in [0.717, 1.165) is 47.3 Å². The maximum Gasteiger partial charge on any atom is 0.357 e. The van der Waals surface area contributed by atoms with Crippen molar-refractivity contribution >= 4 is 34.1 Å². The second kappa shape index (κ2) is 13.1. The van der Waals surface area contributed by atoms with Crippen molar-refractivity contribution in [2.45, 2.75) is 56.5 Å². The summed E-state index contributed by atoms with van der Waals surface area (Å²) in [6.07, 6.45) is 5.97. The number of nitrogens with zero attached hydrogens (tertiary/aromatic N) is 4. The van der Waals surface area contributed by atoms with Gasteiger partial charge in [0.25, 0.3) is 10.0 Å². The molecule has 0 bridgehead atoms. The molecule has 3 rings (SSSR count). The normalized spacial score (nSPS) is 11.7. The van der Waals surface area contributed by atoms with E-state index >= 15 is 0 Å². The van der Waals surface area contributed by atoms with E-state index in [9.17, 15) is 13.2 Å². The van der Waals surface area contributed by atoms with Gasteiger partial charge < -0.3 is 14.2 Å². The number of sulfonamides is 1. The number of imidazole rings is 1. The van der Waals surface area contributed by atoms with Gasteiger partial charge in [-0.2, -0.15) is 8.42 Å². The van der Waals surface area contributed by atoms with Crippen LogP contribution >= 0.6 is 11.8 Å². The first-order valence-corrected chi connectivity index (χ1v) is 15.2. The van der Waals surface area contributed by atoms with Crippen LogP contribution in [0.1, 0.15) is 54.1 Å². The number of carbonyl (C=O) groups excluding carboxylic acids is 1. The van der Waals surface area contributed by atoms with Crippen molar-refractivity contribution in [1.29, 1.82) is 0 Å². The Morgan fingerprint density at radius 2 is 1.87 bits per heavy atom. The molecule has 0 spiro atoms. The molecule has 0 saturated carbocycles. The lowest BCUT2D eigenvalue weighted by Crippen LogP contribution is -2.16. The molecule has 0 saturated heterocycles. The third-order valence-corrected chi connectivity index (χ3v) is 7.85. The van der Waals surface area contributed by atoms with Crippen molar-refractivity contribution in [2.75, 3.05) is 27.0 Å². The summed E-state index contributed by atoms with van der Waals surface area (Å²) in [5.41, 5.74) is 4.16. The zero-order valence-corrected chi connectivity index (χ0v) is 24.5. The van der Waals surface area contributed by atoms with Crippen molar-refractivity contribution in [3.05, 3.63) is 65.1 Å². The van der Waals surface area contributed by atoms with E-state index in [1.165, 1.54) is 18.1 Å². The molecule has 0 aliphatic carbocycles. The second-order valence-corrected chi connectivity index (χ2v) is 11.6. The molecule has 2 aromatic carbocycles. The number of ether oxygens (including phenoxy) is 1. The van der Waals surface area contributed by atoms with E-state index in [1.54, 1.807) is 44.1 Å². The van der Waals surface area contributed by atoms with Gasteiger partial charge in [0, 0.05) is 27.1 Å². The van der Waals surface area contributed by atoms with E-state index in [2.05, 4.69) is 11.3 Å². The van der Waals surface area contributed by atoms with E-state index in [1.807, 2.05) is 42.0 Å². The monoisotopic (exact) mass is 556 g/mol. The largest absolute Gasteiger partial charge is 0.461 e. The lowest BCUT2D eigenvalue weighted by molar-refractivity contribution is 0.0509. The minimum Gasteiger partial charge on any atom is -0.461 e. The summed E-state index contributed by atoms with van der Waals surface area (Å²) in [5, 5.41) is 0.678. The molecule has 204 valence electrons. The van der Waals surface area contributed by atoms with Crippen LogP contribution in [0.25, 0.3) is 11.1 Å². The highest BCUT2D eigenvalue weighted by Gasteiger charge is 2.24. The summed E-state index contributed by atoms with van der Waals surface area (Å²) in [4.78, 5) is 19.3. The van der Waals surface area contributed by atoms with Crippen molar-refractivity contribution in [3.63, 3.8) is 0 Å². The molecule has 0 aliphatic rings. The van der Waals surface area contributed by atoms with Gasteiger partial charge in [-0.1, -0.05) is 43.7 Å². The number of hydrogen-bond acceptors (Lipinski definition) is 6. The first-order valence-electron chi connectivity index (χ1n) is 12.6. The van der Waals surface area contributed by atoms with Crippen LogP contribution in [0.5, 0.6) is 0 Å². The van der Waals surface area contributed by atoms with Gasteiger partial charge in [-0.15, -0.1) is 16.2 Å². The number of aryl methyl sites for hydroxylation is 2. The smallest absolute Gasteiger partial charge is 0.357 e. The third kappa shape index (κ3) is 7.05. The Bertz CT molecular complexity index is 1390. The summed E-state index contributed by atoms with van der Waals surface area (Å²) in [6, 6.07) is 13.0. The van der Waals surface area contributed by atoms with E-state index in [4.69, 9.17) is 9.72 Å². The lowest BCUT2D eigenvalue weighted by atomic mass is 9.99. The Balaban J connectivity index is 1.96. The van der Waals surface area contributed by atoms with Crippen LogP contribution < -0.4 is 0 Å². The quantitative estimate of drug-likeness (QED) is 0.127. The van der Waals surface area contributed by atoms with Crippen LogP contribution in [0.2, 0.25) is 0 Å². The molecule has 10 heteroatoms. The van der Waals surface area contributed by atoms with Crippen LogP contribution in [0.4, 0.5) is 0 Å². The van der Waals surface area contributed by atoms with Gasteiger partial charge in [-0.3, -0.25) is 0 Å². The fourth-order valence-electron chi connectivity index (χ4n) is 3.97. The standard InChI is InChI=1S/C28H36N4O4S2/c1-7-9-10-25-30-27(37-6)26(28(33)36-8-2)32(25)18-21-12-14-22(15-13-21)24-17-23(16-11-20(24)3)38(34,35)29-19-31(4)5/h11-17,19H,7-10,18H2,1-6H3/b29-19+. The van der Waals surface area contributed by atoms with Gasteiger partial charge in [0.05, 0.1) is 11.5 Å². The number of aromatic nitrogens is 2. The minimum atomic E-state index is -3.81. The Morgan fingerprint density at radius 1 is 1.16 bits per heavy atom. The van der Waals surface area contributed by atoms with Crippen molar-refractivity contribution < 1.29 is 17.9 Å². The first kappa shape index (κ1) is 29.4.